The average molecular weight is 920 g/mol. The van der Waals surface area contributed by atoms with Gasteiger partial charge in [-0.1, -0.05) is 61.4 Å². The molecule has 0 unspecified atom stereocenters. The molecule has 2 heterocycles. The Morgan fingerprint density at radius 1 is 0.707 bits per heavy atom. The second kappa shape index (κ2) is 21.6. The fourth-order valence-corrected chi connectivity index (χ4v) is 9.38. The SMILES string of the molecule is Cc1c(COc2ccc(CN3CCCC[C@H]3C(=O)CCCO)cc2Br)cccc1-c1cccc(COc2ccc(CN3CCCC[C@H]3C(=O)NCCO)cc2Br)c1C. The zero-order chi connectivity index (χ0) is 41.0. The number of amides is 1. The van der Waals surface area contributed by atoms with Crippen LogP contribution in [0.25, 0.3) is 11.1 Å². The van der Waals surface area contributed by atoms with Gasteiger partial charge in [0.25, 0.3) is 0 Å². The monoisotopic (exact) mass is 917 g/mol. The van der Waals surface area contributed by atoms with E-state index in [-0.39, 0.29) is 43.5 Å². The first-order chi connectivity index (χ1) is 28.2. The number of nitrogens with one attached hydrogen (secondary N) is 1. The van der Waals surface area contributed by atoms with Crippen molar-refractivity contribution in [2.75, 3.05) is 32.8 Å². The summed E-state index contributed by atoms with van der Waals surface area (Å²) in [4.78, 5) is 30.1. The van der Waals surface area contributed by atoms with Gasteiger partial charge in [0, 0.05) is 32.7 Å². The number of aliphatic hydroxyl groups is 2. The Morgan fingerprint density at radius 3 is 1.72 bits per heavy atom. The van der Waals surface area contributed by atoms with Crippen LogP contribution in [0, 0.1) is 13.8 Å². The smallest absolute Gasteiger partial charge is 0.237 e. The van der Waals surface area contributed by atoms with Gasteiger partial charge < -0.3 is 25.0 Å². The second-order valence-corrected chi connectivity index (χ2v) is 17.3. The molecule has 11 heteroatoms. The van der Waals surface area contributed by atoms with E-state index in [0.717, 1.165) is 111 Å². The quantitative estimate of drug-likeness (QED) is 0.0909. The summed E-state index contributed by atoms with van der Waals surface area (Å²) in [6.07, 6.45) is 6.91. The van der Waals surface area contributed by atoms with Crippen LogP contribution in [-0.4, -0.2) is 76.6 Å². The van der Waals surface area contributed by atoms with Crippen LogP contribution in [0.15, 0.2) is 81.7 Å². The van der Waals surface area contributed by atoms with Crippen molar-refractivity contribution in [1.82, 2.24) is 15.1 Å². The lowest BCUT2D eigenvalue weighted by Gasteiger charge is -2.34. The van der Waals surface area contributed by atoms with Crippen LogP contribution in [-0.2, 0) is 35.9 Å². The number of hydrogen-bond acceptors (Lipinski definition) is 8. The summed E-state index contributed by atoms with van der Waals surface area (Å²) in [7, 11) is 0. The Hall–Kier alpha value is -3.58. The number of halogens is 2. The maximum absolute atomic E-state index is 12.9. The largest absolute Gasteiger partial charge is 0.488 e. The number of likely N-dealkylation sites (tertiary alicyclic amines) is 2. The lowest BCUT2D eigenvalue weighted by atomic mass is 9.92. The molecule has 2 fully saturated rings. The highest BCUT2D eigenvalue weighted by atomic mass is 79.9. The Bertz CT molecular complexity index is 1880. The molecule has 2 aliphatic heterocycles. The van der Waals surface area contributed by atoms with E-state index in [9.17, 15) is 14.7 Å². The van der Waals surface area contributed by atoms with Gasteiger partial charge in [-0.25, -0.2) is 0 Å². The molecule has 310 valence electrons. The maximum Gasteiger partial charge on any atom is 0.237 e. The van der Waals surface area contributed by atoms with E-state index in [1.807, 2.05) is 12.1 Å². The topological polar surface area (TPSA) is 112 Å². The lowest BCUT2D eigenvalue weighted by Crippen LogP contribution is -2.49. The zero-order valence-corrected chi connectivity index (χ0v) is 37.0. The molecule has 3 N–H and O–H groups in total. The molecule has 4 aromatic rings. The number of aliphatic hydroxyl groups excluding tert-OH is 2. The van der Waals surface area contributed by atoms with E-state index in [2.05, 4.69) is 121 Å². The van der Waals surface area contributed by atoms with Crippen LogP contribution in [0.4, 0.5) is 0 Å². The van der Waals surface area contributed by atoms with Crippen molar-refractivity contribution >= 4 is 43.6 Å². The number of ketones is 1. The molecule has 6 rings (SSSR count). The maximum atomic E-state index is 12.9. The lowest BCUT2D eigenvalue weighted by molar-refractivity contribution is -0.128. The molecule has 0 aliphatic carbocycles. The highest BCUT2D eigenvalue weighted by Crippen LogP contribution is 2.34. The van der Waals surface area contributed by atoms with Crippen LogP contribution in [0.5, 0.6) is 11.5 Å². The standard InChI is InChI=1S/C47H57Br2N3O6/c1-32-36(30-57-45-19-17-34(26-40(45)48)28-51-22-5-3-14-42(51)44(55)16-9-24-53)10-7-12-38(32)39-13-8-11-37(33(39)2)31-58-46-20-18-35(27-41(46)49)29-52-23-6-4-15-43(52)47(56)50-21-25-54/h7-8,10-13,17-20,26-27,42-43,53-54H,3-6,9,14-16,21-25,28-31H2,1-2H3,(H,50,56)/t42-,43-/m0/s1. The normalized spacial score (nSPS) is 17.6. The van der Waals surface area contributed by atoms with Crippen LogP contribution in [0.1, 0.15) is 84.7 Å². The van der Waals surface area contributed by atoms with Crippen molar-refractivity contribution in [1.29, 1.82) is 0 Å². The number of rotatable bonds is 18. The van der Waals surface area contributed by atoms with Gasteiger partial charge in [-0.15, -0.1) is 0 Å². The highest BCUT2D eigenvalue weighted by Gasteiger charge is 2.29. The summed E-state index contributed by atoms with van der Waals surface area (Å²) in [6.45, 7) is 8.55. The molecule has 9 nitrogen and oxygen atoms in total. The minimum atomic E-state index is -0.185. The summed E-state index contributed by atoms with van der Waals surface area (Å²) in [6, 6.07) is 24.8. The molecule has 2 atom stereocenters. The predicted molar refractivity (Wildman–Crippen MR) is 236 cm³/mol. The number of Topliss-reactive ketones (excluding diaryl/α,β-unsaturated/α-hetero) is 1. The number of hydrogen-bond donors (Lipinski definition) is 3. The molecule has 0 radical (unpaired) electrons. The second-order valence-electron chi connectivity index (χ2n) is 15.6. The first-order valence-corrected chi connectivity index (χ1v) is 22.3. The van der Waals surface area contributed by atoms with Gasteiger partial charge in [0.1, 0.15) is 30.5 Å². The van der Waals surface area contributed by atoms with E-state index in [1.54, 1.807) is 0 Å². The number of carbonyl (C=O) groups is 2. The number of benzene rings is 4. The van der Waals surface area contributed by atoms with Crippen molar-refractivity contribution < 1.29 is 29.3 Å². The van der Waals surface area contributed by atoms with E-state index in [4.69, 9.17) is 14.6 Å². The van der Waals surface area contributed by atoms with E-state index < -0.39 is 0 Å². The van der Waals surface area contributed by atoms with Gasteiger partial charge in [0.05, 0.1) is 27.6 Å². The van der Waals surface area contributed by atoms with Crippen molar-refractivity contribution in [3.63, 3.8) is 0 Å². The van der Waals surface area contributed by atoms with E-state index in [1.165, 1.54) is 5.56 Å². The molecule has 1 amide bonds. The van der Waals surface area contributed by atoms with Crippen LogP contribution >= 0.6 is 31.9 Å². The molecule has 58 heavy (non-hydrogen) atoms. The van der Waals surface area contributed by atoms with Crippen LogP contribution in [0.3, 0.4) is 0 Å². The predicted octanol–water partition coefficient (Wildman–Crippen LogP) is 8.81. The molecular weight excluding hydrogens is 862 g/mol. The van der Waals surface area contributed by atoms with Crippen molar-refractivity contribution in [3.8, 4) is 22.6 Å². The number of nitrogens with zero attached hydrogens (tertiary/aromatic N) is 2. The summed E-state index contributed by atoms with van der Waals surface area (Å²) in [5.41, 5.74) is 9.10. The molecule has 0 aromatic heterocycles. The molecule has 2 saturated heterocycles. The molecule has 0 bridgehead atoms. The van der Waals surface area contributed by atoms with Gasteiger partial charge >= 0.3 is 0 Å². The fourth-order valence-electron chi connectivity index (χ4n) is 8.30. The van der Waals surface area contributed by atoms with E-state index >= 15 is 0 Å². The summed E-state index contributed by atoms with van der Waals surface area (Å²) >= 11 is 7.49. The van der Waals surface area contributed by atoms with E-state index in [0.29, 0.717) is 39.1 Å². The highest BCUT2D eigenvalue weighted by molar-refractivity contribution is 9.11. The zero-order valence-electron chi connectivity index (χ0n) is 33.8. The van der Waals surface area contributed by atoms with Gasteiger partial charge in [0.2, 0.25) is 5.91 Å². The molecule has 0 saturated carbocycles. The first-order valence-electron chi connectivity index (χ1n) is 20.7. The van der Waals surface area contributed by atoms with Gasteiger partial charge in [-0.3, -0.25) is 19.4 Å². The van der Waals surface area contributed by atoms with Crippen molar-refractivity contribution in [2.45, 2.75) is 104 Å². The third-order valence-electron chi connectivity index (χ3n) is 11.6. The Kier molecular flexibility index (Phi) is 16.4. The van der Waals surface area contributed by atoms with Crippen LogP contribution < -0.4 is 14.8 Å². The van der Waals surface area contributed by atoms with Crippen LogP contribution in [0.2, 0.25) is 0 Å². The fraction of sp³-hybridized carbons (Fsp3) is 0.447. The Morgan fingerprint density at radius 2 is 1.22 bits per heavy atom. The minimum Gasteiger partial charge on any atom is -0.488 e. The molecular formula is C47H57Br2N3O6. The third kappa shape index (κ3) is 11.4. The van der Waals surface area contributed by atoms with Crippen molar-refractivity contribution in [2.24, 2.45) is 0 Å². The Balaban J connectivity index is 1.07. The summed E-state index contributed by atoms with van der Waals surface area (Å²) < 4.78 is 14.5. The minimum absolute atomic E-state index is 0.0132. The first kappa shape index (κ1) is 44.0. The van der Waals surface area contributed by atoms with Gasteiger partial charge in [0.15, 0.2) is 0 Å². The van der Waals surface area contributed by atoms with Gasteiger partial charge in [-0.2, -0.15) is 0 Å². The number of carbonyl (C=O) groups excluding carboxylic acids is 2. The number of ether oxygens (including phenoxy) is 2. The summed E-state index contributed by atoms with van der Waals surface area (Å²) in [5.74, 6) is 1.76. The Labute approximate surface area is 360 Å². The average Bonchev–Trinajstić information content (AvgIpc) is 3.23. The number of piperidine rings is 2. The molecule has 4 aromatic carbocycles. The molecule has 0 spiro atoms. The van der Waals surface area contributed by atoms with Gasteiger partial charge in [-0.05, 0) is 160 Å². The molecule has 2 aliphatic rings. The third-order valence-corrected chi connectivity index (χ3v) is 12.8. The summed E-state index contributed by atoms with van der Waals surface area (Å²) in [5, 5.41) is 21.2. The van der Waals surface area contributed by atoms with Crippen molar-refractivity contribution in [3.05, 3.63) is 115 Å².